The van der Waals surface area contributed by atoms with Gasteiger partial charge in [-0.25, -0.2) is 0 Å². The number of amides is 1. The van der Waals surface area contributed by atoms with Crippen molar-refractivity contribution < 1.29 is 4.79 Å². The molecule has 1 fully saturated rings. The Morgan fingerprint density at radius 3 is 2.56 bits per heavy atom. The van der Waals surface area contributed by atoms with Gasteiger partial charge in [-0.2, -0.15) is 0 Å². The number of halogens is 1. The van der Waals surface area contributed by atoms with E-state index in [4.69, 9.17) is 5.73 Å². The topological polar surface area (TPSA) is 68.0 Å². The second kappa shape index (κ2) is 6.16. The third-order valence-corrected chi connectivity index (χ3v) is 3.37. The van der Waals surface area contributed by atoms with Crippen molar-refractivity contribution in [1.29, 1.82) is 0 Å². The third-order valence-electron chi connectivity index (χ3n) is 3.37. The Bertz CT molecular complexity index is 399. The molecule has 1 aliphatic rings. The number of hydrogen-bond acceptors (Lipinski definition) is 3. The van der Waals surface area contributed by atoms with Gasteiger partial charge in [0.2, 0.25) is 5.91 Å². The minimum absolute atomic E-state index is 0. The van der Waals surface area contributed by atoms with Gasteiger partial charge in [-0.3, -0.25) is 9.78 Å². The van der Waals surface area contributed by atoms with Crippen molar-refractivity contribution in [2.75, 3.05) is 5.32 Å². The number of hydrogen-bond donors (Lipinski definition) is 2. The van der Waals surface area contributed by atoms with E-state index in [2.05, 4.69) is 10.3 Å². The lowest BCUT2D eigenvalue weighted by atomic mass is 9.82. The zero-order valence-electron chi connectivity index (χ0n) is 10.6. The van der Waals surface area contributed by atoms with Crippen LogP contribution in [0.25, 0.3) is 0 Å². The molecule has 0 atom stereocenters. The number of nitrogens with two attached hydrogens (primary N) is 1. The van der Waals surface area contributed by atoms with E-state index in [1.807, 2.05) is 19.1 Å². The second-order valence-electron chi connectivity index (χ2n) is 4.86. The number of aryl methyl sites for hydroxylation is 1. The average Bonchev–Trinajstić information content (AvgIpc) is 2.33. The van der Waals surface area contributed by atoms with E-state index in [0.717, 1.165) is 37.1 Å². The summed E-state index contributed by atoms with van der Waals surface area (Å²) >= 11 is 0. The summed E-state index contributed by atoms with van der Waals surface area (Å²) < 4.78 is 0. The molecular weight excluding hydrogens is 250 g/mol. The molecule has 18 heavy (non-hydrogen) atoms. The fourth-order valence-corrected chi connectivity index (χ4v) is 2.21. The molecule has 1 aromatic rings. The number of nitrogens with zero attached hydrogens (tertiary/aromatic N) is 1. The summed E-state index contributed by atoms with van der Waals surface area (Å²) in [5.74, 6) is -0.0807. The lowest BCUT2D eigenvalue weighted by Gasteiger charge is -2.31. The van der Waals surface area contributed by atoms with Crippen molar-refractivity contribution in [3.8, 4) is 0 Å². The van der Waals surface area contributed by atoms with Gasteiger partial charge < -0.3 is 11.1 Å². The Hall–Kier alpha value is -1.13. The maximum atomic E-state index is 12.1. The number of carbonyl (C=O) groups excluding carboxylic acids is 1. The predicted molar refractivity (Wildman–Crippen MR) is 74.9 cm³/mol. The molecule has 0 unspecified atom stereocenters. The van der Waals surface area contributed by atoms with Crippen LogP contribution < -0.4 is 11.1 Å². The number of aromatic nitrogens is 1. The average molecular weight is 270 g/mol. The highest BCUT2D eigenvalue weighted by atomic mass is 35.5. The molecule has 2 rings (SSSR count). The second-order valence-corrected chi connectivity index (χ2v) is 4.86. The van der Waals surface area contributed by atoms with Gasteiger partial charge in [0.05, 0.1) is 17.4 Å². The summed E-state index contributed by atoms with van der Waals surface area (Å²) in [5.41, 5.74) is 7.11. The van der Waals surface area contributed by atoms with Gasteiger partial charge in [-0.1, -0.05) is 19.3 Å². The lowest BCUT2D eigenvalue weighted by molar-refractivity contribution is -0.122. The molecule has 1 heterocycles. The van der Waals surface area contributed by atoms with Crippen molar-refractivity contribution in [1.82, 2.24) is 4.98 Å². The first kappa shape index (κ1) is 14.9. The first-order valence-electron chi connectivity index (χ1n) is 6.13. The van der Waals surface area contributed by atoms with Crippen molar-refractivity contribution >= 4 is 24.0 Å². The normalized spacial score (nSPS) is 17.7. The molecule has 0 saturated heterocycles. The van der Waals surface area contributed by atoms with Gasteiger partial charge in [0.15, 0.2) is 0 Å². The molecular formula is C13H20ClN3O. The Balaban J connectivity index is 0.00000162. The molecule has 0 bridgehead atoms. The largest absolute Gasteiger partial charge is 0.323 e. The standard InChI is InChI=1S/C13H19N3O.ClH/c1-10-5-6-11(9-15-10)16-12(17)13(14)7-3-2-4-8-13;/h5-6,9H,2-4,7-8,14H2,1H3,(H,16,17);1H. The molecule has 1 aliphatic carbocycles. The highest BCUT2D eigenvalue weighted by Gasteiger charge is 2.35. The summed E-state index contributed by atoms with van der Waals surface area (Å²) in [4.78, 5) is 16.3. The Kier molecular flexibility index (Phi) is 5.11. The summed E-state index contributed by atoms with van der Waals surface area (Å²) in [6.07, 6.45) is 6.47. The Morgan fingerprint density at radius 2 is 2.00 bits per heavy atom. The summed E-state index contributed by atoms with van der Waals surface area (Å²) in [6.45, 7) is 1.91. The van der Waals surface area contributed by atoms with Gasteiger partial charge in [0.1, 0.15) is 0 Å². The highest BCUT2D eigenvalue weighted by molar-refractivity contribution is 5.97. The lowest BCUT2D eigenvalue weighted by Crippen LogP contribution is -2.52. The first-order valence-corrected chi connectivity index (χ1v) is 6.13. The van der Waals surface area contributed by atoms with E-state index in [1.54, 1.807) is 6.20 Å². The smallest absolute Gasteiger partial charge is 0.244 e. The molecule has 0 radical (unpaired) electrons. The zero-order valence-corrected chi connectivity index (χ0v) is 11.4. The van der Waals surface area contributed by atoms with Crippen LogP contribution in [0.5, 0.6) is 0 Å². The molecule has 0 spiro atoms. The SMILES string of the molecule is Cc1ccc(NC(=O)C2(N)CCCCC2)cn1.Cl. The van der Waals surface area contributed by atoms with Crippen LogP contribution in [-0.2, 0) is 4.79 Å². The van der Waals surface area contributed by atoms with E-state index in [9.17, 15) is 4.79 Å². The molecule has 1 aromatic heterocycles. The maximum Gasteiger partial charge on any atom is 0.244 e. The number of anilines is 1. The first-order chi connectivity index (χ1) is 8.10. The van der Waals surface area contributed by atoms with Gasteiger partial charge in [-0.15, -0.1) is 12.4 Å². The van der Waals surface area contributed by atoms with Gasteiger partial charge >= 0.3 is 0 Å². The van der Waals surface area contributed by atoms with Gasteiger partial charge in [0.25, 0.3) is 0 Å². The maximum absolute atomic E-state index is 12.1. The summed E-state index contributed by atoms with van der Waals surface area (Å²) in [7, 11) is 0. The molecule has 1 saturated carbocycles. The minimum Gasteiger partial charge on any atom is -0.323 e. The van der Waals surface area contributed by atoms with E-state index >= 15 is 0 Å². The molecule has 1 amide bonds. The Labute approximate surface area is 114 Å². The quantitative estimate of drug-likeness (QED) is 0.866. The highest BCUT2D eigenvalue weighted by Crippen LogP contribution is 2.27. The van der Waals surface area contributed by atoms with E-state index in [0.29, 0.717) is 0 Å². The third kappa shape index (κ3) is 3.43. The van der Waals surface area contributed by atoms with Crippen molar-refractivity contribution in [3.05, 3.63) is 24.0 Å². The predicted octanol–water partition coefficient (Wildman–Crippen LogP) is 2.41. The van der Waals surface area contributed by atoms with Crippen molar-refractivity contribution in [3.63, 3.8) is 0 Å². The van der Waals surface area contributed by atoms with Crippen LogP contribution in [0.2, 0.25) is 0 Å². The van der Waals surface area contributed by atoms with E-state index in [-0.39, 0.29) is 18.3 Å². The van der Waals surface area contributed by atoms with Crippen LogP contribution in [0.1, 0.15) is 37.8 Å². The van der Waals surface area contributed by atoms with Gasteiger partial charge in [0, 0.05) is 5.69 Å². The fourth-order valence-electron chi connectivity index (χ4n) is 2.21. The Morgan fingerprint density at radius 1 is 1.33 bits per heavy atom. The monoisotopic (exact) mass is 269 g/mol. The van der Waals surface area contributed by atoms with Crippen LogP contribution >= 0.6 is 12.4 Å². The van der Waals surface area contributed by atoms with Gasteiger partial charge in [-0.05, 0) is 31.9 Å². The van der Waals surface area contributed by atoms with Crippen LogP contribution in [0.4, 0.5) is 5.69 Å². The van der Waals surface area contributed by atoms with Crippen molar-refractivity contribution in [2.45, 2.75) is 44.6 Å². The number of rotatable bonds is 2. The number of nitrogens with one attached hydrogen (secondary N) is 1. The summed E-state index contributed by atoms with van der Waals surface area (Å²) in [5, 5.41) is 2.85. The van der Waals surface area contributed by atoms with Crippen molar-refractivity contribution in [2.24, 2.45) is 5.73 Å². The molecule has 0 aromatic carbocycles. The molecule has 4 nitrogen and oxygen atoms in total. The van der Waals surface area contributed by atoms with Crippen LogP contribution in [0.3, 0.4) is 0 Å². The summed E-state index contributed by atoms with van der Waals surface area (Å²) in [6, 6.07) is 3.73. The molecule has 3 N–H and O–H groups in total. The van der Waals surface area contributed by atoms with E-state index < -0.39 is 5.54 Å². The minimum atomic E-state index is -0.691. The zero-order chi connectivity index (χ0) is 12.3. The number of pyridine rings is 1. The molecule has 0 aliphatic heterocycles. The van der Waals surface area contributed by atoms with Crippen LogP contribution in [0.15, 0.2) is 18.3 Å². The van der Waals surface area contributed by atoms with Crippen LogP contribution in [-0.4, -0.2) is 16.4 Å². The fraction of sp³-hybridized carbons (Fsp3) is 0.538. The van der Waals surface area contributed by atoms with Crippen LogP contribution in [0, 0.1) is 6.92 Å². The van der Waals surface area contributed by atoms with E-state index in [1.165, 1.54) is 6.42 Å². The number of carbonyl (C=O) groups is 1. The molecule has 100 valence electrons. The molecule has 5 heteroatoms.